The molecule has 18 heavy (non-hydrogen) atoms. The maximum absolute atomic E-state index is 10.3. The molecule has 0 aliphatic rings. The Bertz CT molecular complexity index is 365. The summed E-state index contributed by atoms with van der Waals surface area (Å²) >= 11 is 0. The molecule has 1 rings (SSSR count). The van der Waals surface area contributed by atoms with Crippen LogP contribution >= 0.6 is 0 Å². The maximum atomic E-state index is 10.3. The van der Waals surface area contributed by atoms with Crippen molar-refractivity contribution in [2.24, 2.45) is 0 Å². The first kappa shape index (κ1) is 15.0. The van der Waals surface area contributed by atoms with E-state index in [2.05, 4.69) is 26.1 Å². The van der Waals surface area contributed by atoms with E-state index >= 15 is 0 Å². The van der Waals surface area contributed by atoms with E-state index in [9.17, 15) is 5.11 Å². The van der Waals surface area contributed by atoms with E-state index in [-0.39, 0.29) is 11.6 Å². The lowest BCUT2D eigenvalue weighted by atomic mass is 10.00. The van der Waals surface area contributed by atoms with Crippen LogP contribution in [0.15, 0.2) is 24.3 Å². The standard InChI is InChI=1S/C15H26N2O/c1-11(16-15(2,3)4)14(18)12-7-9-13(10-8-12)17(5)6/h7-11,14,16,18H,1-6H3. The van der Waals surface area contributed by atoms with E-state index in [4.69, 9.17) is 0 Å². The minimum atomic E-state index is -0.486. The predicted octanol–water partition coefficient (Wildman–Crippen LogP) is 2.56. The summed E-state index contributed by atoms with van der Waals surface area (Å²) in [6.45, 7) is 8.32. The van der Waals surface area contributed by atoms with Gasteiger partial charge >= 0.3 is 0 Å². The van der Waals surface area contributed by atoms with Crippen molar-refractivity contribution in [2.75, 3.05) is 19.0 Å². The van der Waals surface area contributed by atoms with Crippen molar-refractivity contribution < 1.29 is 5.11 Å². The van der Waals surface area contributed by atoms with Gasteiger partial charge in [-0.1, -0.05) is 12.1 Å². The first-order valence-corrected chi connectivity index (χ1v) is 6.44. The third-order valence-electron chi connectivity index (χ3n) is 2.89. The molecule has 1 aromatic rings. The monoisotopic (exact) mass is 250 g/mol. The number of aliphatic hydroxyl groups excluding tert-OH is 1. The lowest BCUT2D eigenvalue weighted by molar-refractivity contribution is 0.121. The third-order valence-corrected chi connectivity index (χ3v) is 2.89. The van der Waals surface area contributed by atoms with Crippen LogP contribution < -0.4 is 10.2 Å². The van der Waals surface area contributed by atoms with Gasteiger partial charge in [0.1, 0.15) is 0 Å². The Labute approximate surface area is 111 Å². The van der Waals surface area contributed by atoms with Crippen molar-refractivity contribution in [1.82, 2.24) is 5.32 Å². The summed E-state index contributed by atoms with van der Waals surface area (Å²) in [6.07, 6.45) is -0.486. The van der Waals surface area contributed by atoms with E-state index in [0.29, 0.717) is 0 Å². The molecule has 0 saturated carbocycles. The van der Waals surface area contributed by atoms with Crippen LogP contribution in [0.3, 0.4) is 0 Å². The number of rotatable bonds is 4. The molecule has 0 radical (unpaired) electrons. The van der Waals surface area contributed by atoms with Gasteiger partial charge in [0.2, 0.25) is 0 Å². The highest BCUT2D eigenvalue weighted by Crippen LogP contribution is 2.21. The first-order valence-electron chi connectivity index (χ1n) is 6.44. The zero-order valence-electron chi connectivity index (χ0n) is 12.4. The van der Waals surface area contributed by atoms with Crippen LogP contribution in [0.2, 0.25) is 0 Å². The van der Waals surface area contributed by atoms with Gasteiger partial charge in [-0.25, -0.2) is 0 Å². The number of hydrogen-bond acceptors (Lipinski definition) is 3. The number of nitrogens with zero attached hydrogens (tertiary/aromatic N) is 1. The second-order valence-electron chi connectivity index (χ2n) is 6.11. The average molecular weight is 250 g/mol. The number of benzene rings is 1. The minimum Gasteiger partial charge on any atom is -0.387 e. The molecule has 0 heterocycles. The van der Waals surface area contributed by atoms with Gasteiger partial charge in [0.05, 0.1) is 6.10 Å². The predicted molar refractivity (Wildman–Crippen MR) is 78.1 cm³/mol. The van der Waals surface area contributed by atoms with Gasteiger partial charge in [0, 0.05) is 31.4 Å². The number of nitrogens with one attached hydrogen (secondary N) is 1. The Morgan fingerprint density at radius 2 is 1.61 bits per heavy atom. The molecule has 0 aliphatic heterocycles. The summed E-state index contributed by atoms with van der Waals surface area (Å²) in [5.41, 5.74) is 2.09. The van der Waals surface area contributed by atoms with Crippen LogP contribution in [0.4, 0.5) is 5.69 Å². The second kappa shape index (κ2) is 5.72. The van der Waals surface area contributed by atoms with E-state index < -0.39 is 6.10 Å². The van der Waals surface area contributed by atoms with Gasteiger partial charge in [-0.3, -0.25) is 0 Å². The van der Waals surface area contributed by atoms with E-state index in [1.165, 1.54) is 0 Å². The molecule has 0 spiro atoms. The molecule has 0 aliphatic carbocycles. The fourth-order valence-electron chi connectivity index (χ4n) is 2.02. The molecule has 0 saturated heterocycles. The summed E-state index contributed by atoms with van der Waals surface area (Å²) in [5.74, 6) is 0. The van der Waals surface area contributed by atoms with Crippen LogP contribution in [-0.4, -0.2) is 30.8 Å². The Kier molecular flexibility index (Phi) is 4.77. The Morgan fingerprint density at radius 1 is 1.11 bits per heavy atom. The van der Waals surface area contributed by atoms with Crippen molar-refractivity contribution in [3.05, 3.63) is 29.8 Å². The summed E-state index contributed by atoms with van der Waals surface area (Å²) in [4.78, 5) is 2.05. The molecule has 0 amide bonds. The fraction of sp³-hybridized carbons (Fsp3) is 0.600. The van der Waals surface area contributed by atoms with Crippen LogP contribution in [-0.2, 0) is 0 Å². The van der Waals surface area contributed by atoms with Crippen LogP contribution in [0.25, 0.3) is 0 Å². The molecule has 0 fully saturated rings. The molecule has 3 nitrogen and oxygen atoms in total. The summed E-state index contributed by atoms with van der Waals surface area (Å²) in [5, 5.41) is 13.7. The average Bonchev–Trinajstić information content (AvgIpc) is 2.26. The number of aliphatic hydroxyl groups is 1. The van der Waals surface area contributed by atoms with Gasteiger partial charge in [-0.05, 0) is 45.4 Å². The highest BCUT2D eigenvalue weighted by molar-refractivity contribution is 5.46. The van der Waals surface area contributed by atoms with Gasteiger partial charge in [-0.15, -0.1) is 0 Å². The summed E-state index contributed by atoms with van der Waals surface area (Å²) in [6, 6.07) is 8.06. The zero-order valence-corrected chi connectivity index (χ0v) is 12.4. The Balaban J connectivity index is 2.74. The lowest BCUT2D eigenvalue weighted by Gasteiger charge is -2.29. The van der Waals surface area contributed by atoms with Gasteiger partial charge in [0.15, 0.2) is 0 Å². The lowest BCUT2D eigenvalue weighted by Crippen LogP contribution is -2.44. The van der Waals surface area contributed by atoms with E-state index in [1.807, 2.05) is 50.2 Å². The van der Waals surface area contributed by atoms with Crippen molar-refractivity contribution in [3.8, 4) is 0 Å². The van der Waals surface area contributed by atoms with E-state index in [0.717, 1.165) is 11.3 Å². The summed E-state index contributed by atoms with van der Waals surface area (Å²) < 4.78 is 0. The smallest absolute Gasteiger partial charge is 0.0940 e. The van der Waals surface area contributed by atoms with Gasteiger partial charge in [0.25, 0.3) is 0 Å². The number of hydrogen-bond donors (Lipinski definition) is 2. The Hall–Kier alpha value is -1.06. The van der Waals surface area contributed by atoms with Gasteiger partial charge < -0.3 is 15.3 Å². The quantitative estimate of drug-likeness (QED) is 0.862. The van der Waals surface area contributed by atoms with Crippen LogP contribution in [0, 0.1) is 0 Å². The van der Waals surface area contributed by atoms with E-state index in [1.54, 1.807) is 0 Å². The number of anilines is 1. The second-order valence-corrected chi connectivity index (χ2v) is 6.11. The summed E-state index contributed by atoms with van der Waals surface area (Å²) in [7, 11) is 4.02. The molecule has 0 aromatic heterocycles. The molecule has 1 aromatic carbocycles. The molecule has 2 atom stereocenters. The largest absolute Gasteiger partial charge is 0.387 e. The highest BCUT2D eigenvalue weighted by atomic mass is 16.3. The molecule has 102 valence electrons. The van der Waals surface area contributed by atoms with Crippen molar-refractivity contribution in [1.29, 1.82) is 0 Å². The normalized spacial score (nSPS) is 15.3. The Morgan fingerprint density at radius 3 is 2.00 bits per heavy atom. The fourth-order valence-corrected chi connectivity index (χ4v) is 2.02. The van der Waals surface area contributed by atoms with Crippen molar-refractivity contribution >= 4 is 5.69 Å². The molecule has 2 N–H and O–H groups in total. The topological polar surface area (TPSA) is 35.5 Å². The molecule has 3 heteroatoms. The maximum Gasteiger partial charge on any atom is 0.0940 e. The molecule has 0 bridgehead atoms. The SMILES string of the molecule is CC(NC(C)(C)C)C(O)c1ccc(N(C)C)cc1. The van der Waals surface area contributed by atoms with Crippen molar-refractivity contribution in [3.63, 3.8) is 0 Å². The van der Waals surface area contributed by atoms with Crippen LogP contribution in [0.5, 0.6) is 0 Å². The molecule has 2 unspecified atom stereocenters. The highest BCUT2D eigenvalue weighted by Gasteiger charge is 2.21. The third kappa shape index (κ3) is 4.31. The van der Waals surface area contributed by atoms with Crippen LogP contribution in [0.1, 0.15) is 39.4 Å². The van der Waals surface area contributed by atoms with Crippen molar-refractivity contribution in [2.45, 2.75) is 45.4 Å². The minimum absolute atomic E-state index is 0.00394. The first-order chi connectivity index (χ1) is 8.20. The molecular formula is C15H26N2O. The molecular weight excluding hydrogens is 224 g/mol. The zero-order chi connectivity index (χ0) is 13.9. The van der Waals surface area contributed by atoms with Gasteiger partial charge in [-0.2, -0.15) is 0 Å².